The summed E-state index contributed by atoms with van der Waals surface area (Å²) in [6.07, 6.45) is 1.53. The van der Waals surface area contributed by atoms with Crippen molar-refractivity contribution in [3.8, 4) is 11.5 Å². The molecule has 0 saturated carbocycles. The first kappa shape index (κ1) is 23.0. The maximum Gasteiger partial charge on any atom is 0.294 e. The predicted molar refractivity (Wildman–Crippen MR) is 122 cm³/mol. The number of carbonyl (C=O) groups excluding carboxylic acids is 3. The molecule has 31 heavy (non-hydrogen) atoms. The van der Waals surface area contributed by atoms with Crippen LogP contribution in [0.1, 0.15) is 12.5 Å². The van der Waals surface area contributed by atoms with E-state index in [0.29, 0.717) is 39.4 Å². The lowest BCUT2D eigenvalue weighted by atomic mass is 10.2. The van der Waals surface area contributed by atoms with Crippen LogP contribution < -0.4 is 14.8 Å². The molecule has 2 aromatic rings. The van der Waals surface area contributed by atoms with Crippen LogP contribution in [0, 0.1) is 0 Å². The Kier molecular flexibility index (Phi) is 7.48. The summed E-state index contributed by atoms with van der Waals surface area (Å²) in [5, 5.41) is 2.85. The van der Waals surface area contributed by atoms with Crippen molar-refractivity contribution in [3.05, 3.63) is 56.9 Å². The van der Waals surface area contributed by atoms with Crippen LogP contribution in [-0.2, 0) is 9.59 Å². The van der Waals surface area contributed by atoms with E-state index in [-0.39, 0.29) is 4.91 Å². The van der Waals surface area contributed by atoms with Crippen LogP contribution in [0.4, 0.5) is 10.5 Å². The number of imide groups is 1. The molecule has 2 aromatic carbocycles. The van der Waals surface area contributed by atoms with Gasteiger partial charge in [0, 0.05) is 16.3 Å². The predicted octanol–water partition coefficient (Wildman–Crippen LogP) is 5.08. The number of anilines is 1. The van der Waals surface area contributed by atoms with E-state index < -0.39 is 23.6 Å². The van der Waals surface area contributed by atoms with Gasteiger partial charge >= 0.3 is 0 Å². The zero-order valence-electron chi connectivity index (χ0n) is 16.6. The maximum absolute atomic E-state index is 12.7. The van der Waals surface area contributed by atoms with Crippen molar-refractivity contribution < 1.29 is 23.9 Å². The Labute approximate surface area is 193 Å². The highest BCUT2D eigenvalue weighted by Crippen LogP contribution is 2.35. The van der Waals surface area contributed by atoms with Gasteiger partial charge in [-0.2, -0.15) is 0 Å². The summed E-state index contributed by atoms with van der Waals surface area (Å²) in [6.45, 7) is 1.83. The first-order chi connectivity index (χ1) is 14.8. The molecule has 1 fully saturated rings. The third-order valence-electron chi connectivity index (χ3n) is 4.17. The third-order valence-corrected chi connectivity index (χ3v) is 5.61. The summed E-state index contributed by atoms with van der Waals surface area (Å²) < 4.78 is 10.6. The second-order valence-electron chi connectivity index (χ2n) is 6.28. The molecule has 0 radical (unpaired) electrons. The van der Waals surface area contributed by atoms with Gasteiger partial charge in [0.2, 0.25) is 5.91 Å². The van der Waals surface area contributed by atoms with Crippen molar-refractivity contribution in [3.63, 3.8) is 0 Å². The number of hydrogen-bond donors (Lipinski definition) is 1. The molecule has 162 valence electrons. The summed E-state index contributed by atoms with van der Waals surface area (Å²) in [5.74, 6) is -0.112. The molecule has 1 aliphatic rings. The van der Waals surface area contributed by atoms with Gasteiger partial charge in [-0.15, -0.1) is 0 Å². The number of amides is 3. The maximum atomic E-state index is 12.7. The van der Waals surface area contributed by atoms with E-state index in [0.717, 1.165) is 16.7 Å². The standard InChI is InChI=1S/C21H18Cl2N2O5S/c1-3-30-16-6-4-13(22)8-12(16)9-18-20(27)25(21(28)31-18)11-19(26)24-14-5-7-17(29-2)15(23)10-14/h4-10H,3,11H2,1-2H3,(H,24,26)/b18-9+. The van der Waals surface area contributed by atoms with Crippen LogP contribution in [0.3, 0.4) is 0 Å². The molecule has 1 aliphatic heterocycles. The smallest absolute Gasteiger partial charge is 0.294 e. The summed E-state index contributed by atoms with van der Waals surface area (Å²) >= 11 is 12.8. The largest absolute Gasteiger partial charge is 0.495 e. The number of methoxy groups -OCH3 is 1. The zero-order valence-corrected chi connectivity index (χ0v) is 18.9. The van der Waals surface area contributed by atoms with Gasteiger partial charge in [-0.25, -0.2) is 0 Å². The molecule has 0 aliphatic carbocycles. The summed E-state index contributed by atoms with van der Waals surface area (Å²) in [6, 6.07) is 9.72. The molecule has 1 N–H and O–H groups in total. The monoisotopic (exact) mass is 480 g/mol. The molecule has 0 atom stereocenters. The van der Waals surface area contributed by atoms with Crippen LogP contribution in [0.25, 0.3) is 6.08 Å². The molecule has 0 spiro atoms. The fraction of sp³-hybridized carbons (Fsp3) is 0.190. The van der Waals surface area contributed by atoms with E-state index in [9.17, 15) is 14.4 Å². The second-order valence-corrected chi connectivity index (χ2v) is 8.12. The average molecular weight is 481 g/mol. The quantitative estimate of drug-likeness (QED) is 0.556. The molecule has 1 heterocycles. The Morgan fingerprint density at radius 2 is 1.90 bits per heavy atom. The fourth-order valence-corrected chi connectivity index (χ4v) is 4.05. The van der Waals surface area contributed by atoms with Crippen molar-refractivity contribution in [2.45, 2.75) is 6.92 Å². The van der Waals surface area contributed by atoms with Gasteiger partial charge in [-0.3, -0.25) is 19.3 Å². The van der Waals surface area contributed by atoms with Crippen molar-refractivity contribution in [2.75, 3.05) is 25.6 Å². The summed E-state index contributed by atoms with van der Waals surface area (Å²) in [4.78, 5) is 38.5. The zero-order chi connectivity index (χ0) is 22.5. The minimum Gasteiger partial charge on any atom is -0.495 e. The lowest BCUT2D eigenvalue weighted by Crippen LogP contribution is -2.36. The number of benzene rings is 2. The van der Waals surface area contributed by atoms with Crippen molar-refractivity contribution in [1.29, 1.82) is 0 Å². The number of hydrogen-bond acceptors (Lipinski definition) is 6. The van der Waals surface area contributed by atoms with Crippen LogP contribution >= 0.6 is 35.0 Å². The number of nitrogens with zero attached hydrogens (tertiary/aromatic N) is 1. The van der Waals surface area contributed by atoms with Crippen LogP contribution in [0.2, 0.25) is 10.0 Å². The first-order valence-corrected chi connectivity index (χ1v) is 10.7. The van der Waals surface area contributed by atoms with Gasteiger partial charge in [-0.1, -0.05) is 23.2 Å². The lowest BCUT2D eigenvalue weighted by molar-refractivity contribution is -0.127. The van der Waals surface area contributed by atoms with E-state index in [1.54, 1.807) is 30.3 Å². The SMILES string of the molecule is CCOc1ccc(Cl)cc1/C=C1/SC(=O)N(CC(=O)Nc2ccc(OC)c(Cl)c2)C1=O. The molecular weight excluding hydrogens is 463 g/mol. The molecule has 0 unspecified atom stereocenters. The first-order valence-electron chi connectivity index (χ1n) is 9.13. The van der Waals surface area contributed by atoms with Crippen molar-refractivity contribution >= 4 is 63.8 Å². The number of carbonyl (C=O) groups is 3. The van der Waals surface area contributed by atoms with E-state index >= 15 is 0 Å². The molecular formula is C21H18Cl2N2O5S. The Balaban J connectivity index is 1.73. The Morgan fingerprint density at radius 1 is 1.16 bits per heavy atom. The molecule has 3 amide bonds. The van der Waals surface area contributed by atoms with Gasteiger partial charge in [0.15, 0.2) is 0 Å². The number of ether oxygens (including phenoxy) is 2. The Morgan fingerprint density at radius 3 is 2.58 bits per heavy atom. The molecule has 0 bridgehead atoms. The van der Waals surface area contributed by atoms with Gasteiger partial charge < -0.3 is 14.8 Å². The normalized spacial score (nSPS) is 14.8. The number of thioether (sulfide) groups is 1. The molecule has 7 nitrogen and oxygen atoms in total. The topological polar surface area (TPSA) is 84.9 Å². The molecule has 1 saturated heterocycles. The lowest BCUT2D eigenvalue weighted by Gasteiger charge is -2.13. The van der Waals surface area contributed by atoms with E-state index in [2.05, 4.69) is 5.32 Å². The van der Waals surface area contributed by atoms with Crippen molar-refractivity contribution in [1.82, 2.24) is 4.90 Å². The van der Waals surface area contributed by atoms with Gasteiger partial charge in [0.05, 0.1) is 23.6 Å². The molecule has 0 aromatic heterocycles. The minimum atomic E-state index is -0.569. The summed E-state index contributed by atoms with van der Waals surface area (Å²) in [7, 11) is 1.48. The highest BCUT2D eigenvalue weighted by Gasteiger charge is 2.36. The van der Waals surface area contributed by atoms with Crippen LogP contribution in [0.15, 0.2) is 41.3 Å². The highest BCUT2D eigenvalue weighted by molar-refractivity contribution is 8.18. The number of nitrogens with one attached hydrogen (secondary N) is 1. The van der Waals surface area contributed by atoms with Crippen LogP contribution in [0.5, 0.6) is 11.5 Å². The fourth-order valence-electron chi connectivity index (χ4n) is 2.78. The van der Waals surface area contributed by atoms with E-state index in [4.69, 9.17) is 32.7 Å². The van der Waals surface area contributed by atoms with E-state index in [1.807, 2.05) is 6.92 Å². The summed E-state index contributed by atoms with van der Waals surface area (Å²) in [5.41, 5.74) is 0.982. The highest BCUT2D eigenvalue weighted by atomic mass is 35.5. The minimum absolute atomic E-state index is 0.175. The second kappa shape index (κ2) is 10.1. The Hall–Kier alpha value is -2.68. The molecule has 10 heteroatoms. The number of rotatable bonds is 7. The van der Waals surface area contributed by atoms with Crippen molar-refractivity contribution in [2.24, 2.45) is 0 Å². The van der Waals surface area contributed by atoms with Crippen LogP contribution in [-0.4, -0.2) is 42.2 Å². The molecule has 3 rings (SSSR count). The van der Waals surface area contributed by atoms with Gasteiger partial charge in [0.25, 0.3) is 11.1 Å². The van der Waals surface area contributed by atoms with E-state index in [1.165, 1.54) is 19.3 Å². The van der Waals surface area contributed by atoms with Gasteiger partial charge in [0.1, 0.15) is 18.0 Å². The number of halogens is 2. The van der Waals surface area contributed by atoms with Gasteiger partial charge in [-0.05, 0) is 61.2 Å². The average Bonchev–Trinajstić information content (AvgIpc) is 2.97. The Bertz CT molecular complexity index is 1070. The third kappa shape index (κ3) is 5.52.